The van der Waals surface area contributed by atoms with E-state index in [0.29, 0.717) is 24.2 Å². The number of hydrogen-bond acceptors (Lipinski definition) is 12. The minimum Gasteiger partial charge on any atom is -0.497 e. The first-order chi connectivity index (χ1) is 24.3. The number of methoxy groups -OCH3 is 1. The van der Waals surface area contributed by atoms with E-state index in [1.54, 1.807) is 45.0 Å². The number of sulfonamides is 1. The van der Waals surface area contributed by atoms with Crippen molar-refractivity contribution in [2.45, 2.75) is 81.9 Å². The van der Waals surface area contributed by atoms with Crippen LogP contribution in [0.15, 0.2) is 54.7 Å². The van der Waals surface area contributed by atoms with E-state index < -0.39 is 86.4 Å². The van der Waals surface area contributed by atoms with Gasteiger partial charge < -0.3 is 30.7 Å². The monoisotopic (exact) mass is 744 g/mol. The number of rotatable bonds is 16. The van der Waals surface area contributed by atoms with Gasteiger partial charge in [-0.1, -0.05) is 12.7 Å². The maximum atomic E-state index is 14.3. The minimum absolute atomic E-state index is 0.0358. The Hall–Kier alpha value is -4.97. The number of carbonyl (C=O) groups excluding carboxylic acids is 5. The van der Waals surface area contributed by atoms with E-state index >= 15 is 0 Å². The van der Waals surface area contributed by atoms with Crippen LogP contribution in [0.25, 0.3) is 0 Å². The second-order valence-corrected chi connectivity index (χ2v) is 16.1. The Bertz CT molecular complexity index is 1720. The summed E-state index contributed by atoms with van der Waals surface area (Å²) in [4.78, 5) is 68.0. The first kappa shape index (κ1) is 39.8. The summed E-state index contributed by atoms with van der Waals surface area (Å²) in [6.07, 6.45) is 2.13. The van der Waals surface area contributed by atoms with Crippen molar-refractivity contribution in [3.05, 3.63) is 55.1 Å². The van der Waals surface area contributed by atoms with Gasteiger partial charge in [0.05, 0.1) is 29.9 Å². The molecule has 0 radical (unpaired) electrons. The quantitative estimate of drug-likeness (QED) is 0.0386. The van der Waals surface area contributed by atoms with E-state index in [9.17, 15) is 32.4 Å². The summed E-state index contributed by atoms with van der Waals surface area (Å²) in [7, 11) is -2.39. The number of amidine groups is 1. The Kier molecular flexibility index (Phi) is 12.0. The molecule has 5 atom stereocenters. The van der Waals surface area contributed by atoms with Crippen molar-refractivity contribution in [3.63, 3.8) is 0 Å². The summed E-state index contributed by atoms with van der Waals surface area (Å²) in [5.74, 6) is 3.77. The van der Waals surface area contributed by atoms with E-state index in [1.807, 2.05) is 0 Å². The fourth-order valence-electron chi connectivity index (χ4n) is 6.01. The zero-order valence-corrected chi connectivity index (χ0v) is 30.6. The highest BCUT2D eigenvalue weighted by Crippen LogP contribution is 2.57. The van der Waals surface area contributed by atoms with Gasteiger partial charge in [-0.25, -0.2) is 24.2 Å². The molecule has 2 saturated carbocycles. The molecule has 3 fully saturated rings. The third-order valence-electron chi connectivity index (χ3n) is 9.13. The molecule has 3 aliphatic rings. The van der Waals surface area contributed by atoms with Crippen LogP contribution >= 0.6 is 0 Å². The molecule has 1 aliphatic heterocycles. The first-order valence-corrected chi connectivity index (χ1v) is 18.3. The van der Waals surface area contributed by atoms with E-state index in [-0.39, 0.29) is 31.8 Å². The summed E-state index contributed by atoms with van der Waals surface area (Å²) in [5.41, 5.74) is 4.45. The number of ether oxygens (including phenoxy) is 2. The van der Waals surface area contributed by atoms with Crippen LogP contribution in [0.3, 0.4) is 0 Å². The lowest BCUT2D eigenvalue weighted by Gasteiger charge is -2.30. The Balaban J connectivity index is 1.64. The number of nitrogens with zero attached hydrogens (tertiary/aromatic N) is 3. The summed E-state index contributed by atoms with van der Waals surface area (Å²) >= 11 is 0. The van der Waals surface area contributed by atoms with Gasteiger partial charge in [-0.15, -0.1) is 11.7 Å². The molecular formula is C34H48N8O9S. The molecule has 1 saturated heterocycles. The predicted octanol–water partition coefficient (Wildman–Crippen LogP) is 0.416. The fourth-order valence-corrected chi connectivity index (χ4v) is 7.40. The second kappa shape index (κ2) is 15.7. The van der Waals surface area contributed by atoms with Crippen LogP contribution in [-0.4, -0.2) is 103 Å². The van der Waals surface area contributed by atoms with Gasteiger partial charge in [0.15, 0.2) is 11.6 Å². The van der Waals surface area contributed by atoms with Crippen LogP contribution in [-0.2, 0) is 33.9 Å². The Labute approximate surface area is 303 Å². The molecule has 0 unspecified atom stereocenters. The highest BCUT2D eigenvalue weighted by molar-refractivity contribution is 7.90. The van der Waals surface area contributed by atoms with Crippen molar-refractivity contribution in [1.29, 1.82) is 0 Å². The fraction of sp³-hybridized carbons (Fsp3) is 0.529. The van der Waals surface area contributed by atoms with Crippen molar-refractivity contribution in [1.82, 2.24) is 25.4 Å². The van der Waals surface area contributed by atoms with Gasteiger partial charge in [0.25, 0.3) is 0 Å². The van der Waals surface area contributed by atoms with Crippen LogP contribution in [0.1, 0.15) is 58.4 Å². The number of amides is 4. The topological polar surface area (TPSA) is 245 Å². The van der Waals surface area contributed by atoms with E-state index in [2.05, 4.69) is 33.6 Å². The number of nitrogens with two attached hydrogens (primary N) is 2. The highest BCUT2D eigenvalue weighted by Gasteiger charge is 2.61. The number of hydrazone groups is 1. The van der Waals surface area contributed by atoms with E-state index in [4.69, 9.17) is 21.1 Å². The summed E-state index contributed by atoms with van der Waals surface area (Å²) in [5, 5.41) is 9.63. The number of alkyl carbamates (subject to hydrolysis) is 1. The first-order valence-electron chi connectivity index (χ1n) is 16.8. The molecule has 1 aromatic rings. The van der Waals surface area contributed by atoms with Crippen molar-refractivity contribution < 1.29 is 41.9 Å². The second-order valence-electron chi connectivity index (χ2n) is 14.2. The number of ketones is 1. The third kappa shape index (κ3) is 9.67. The van der Waals surface area contributed by atoms with Gasteiger partial charge in [-0.3, -0.25) is 23.9 Å². The molecule has 0 aromatic heterocycles. The zero-order valence-electron chi connectivity index (χ0n) is 29.8. The molecule has 18 heteroatoms. The molecule has 4 rings (SSSR count). The number of hydrazine groups is 1. The number of Topliss-reactive ketones (excluding diaryl/α,β-unsaturated/α-hetero) is 1. The van der Waals surface area contributed by atoms with Gasteiger partial charge in [0, 0.05) is 31.5 Å². The van der Waals surface area contributed by atoms with Gasteiger partial charge in [-0.05, 0) is 76.3 Å². The van der Waals surface area contributed by atoms with Gasteiger partial charge in [-0.2, -0.15) is 0 Å². The lowest BCUT2D eigenvalue weighted by Crippen LogP contribution is -2.56. The normalized spacial score (nSPS) is 23.4. The Morgan fingerprint density at radius 1 is 1.15 bits per heavy atom. The SMILES string of the molecule is C=CC(=O)NC[C@H](NC(=O)OC(C)(C)C)C(=O)N1C[C@H](N(N)/N=C(\N)c2ccc(OC)cc2)C[C@H]1C(=O)C[C@]1(C(=O)NS(=O)(=O)C2CC2)C[C@H]1C=C. The lowest BCUT2D eigenvalue weighted by atomic mass is 9.91. The molecule has 52 heavy (non-hydrogen) atoms. The highest BCUT2D eigenvalue weighted by atomic mass is 32.2. The van der Waals surface area contributed by atoms with Crippen molar-refractivity contribution >= 4 is 45.5 Å². The van der Waals surface area contributed by atoms with Crippen LogP contribution in [0.2, 0.25) is 0 Å². The van der Waals surface area contributed by atoms with Crippen molar-refractivity contribution in [3.8, 4) is 5.75 Å². The molecule has 17 nitrogen and oxygen atoms in total. The van der Waals surface area contributed by atoms with Gasteiger partial charge in [0.1, 0.15) is 17.4 Å². The number of allylic oxidation sites excluding steroid dienone is 1. The van der Waals surface area contributed by atoms with Gasteiger partial charge >= 0.3 is 6.09 Å². The zero-order chi connectivity index (χ0) is 38.6. The molecule has 1 heterocycles. The van der Waals surface area contributed by atoms with Gasteiger partial charge in [0.2, 0.25) is 27.7 Å². The number of hydrogen-bond donors (Lipinski definition) is 5. The van der Waals surface area contributed by atoms with Crippen molar-refractivity contribution in [2.75, 3.05) is 20.2 Å². The molecule has 2 aliphatic carbocycles. The molecular weight excluding hydrogens is 696 g/mol. The van der Waals surface area contributed by atoms with Crippen LogP contribution in [0, 0.1) is 11.3 Å². The molecule has 284 valence electrons. The lowest BCUT2D eigenvalue weighted by molar-refractivity contribution is -0.140. The molecule has 0 spiro atoms. The maximum absolute atomic E-state index is 14.3. The number of benzene rings is 1. The Morgan fingerprint density at radius 2 is 1.81 bits per heavy atom. The maximum Gasteiger partial charge on any atom is 0.408 e. The number of likely N-dealkylation sites (tertiary alicyclic amines) is 1. The van der Waals surface area contributed by atoms with Crippen LogP contribution < -0.4 is 31.7 Å². The Morgan fingerprint density at radius 3 is 2.35 bits per heavy atom. The molecule has 4 amide bonds. The van der Waals surface area contributed by atoms with Crippen LogP contribution in [0.5, 0.6) is 5.75 Å². The van der Waals surface area contributed by atoms with E-state index in [0.717, 1.165) is 11.2 Å². The van der Waals surface area contributed by atoms with Crippen molar-refractivity contribution in [2.24, 2.45) is 28.0 Å². The molecule has 7 N–H and O–H groups in total. The average molecular weight is 745 g/mol. The summed E-state index contributed by atoms with van der Waals surface area (Å²) in [6.45, 7) is 11.5. The molecule has 1 aromatic carbocycles. The molecule has 0 bridgehead atoms. The van der Waals surface area contributed by atoms with Crippen LogP contribution in [0.4, 0.5) is 4.79 Å². The summed E-state index contributed by atoms with van der Waals surface area (Å²) in [6, 6.07) is 3.32. The standard InChI is InChI=1S/C34H48N8O9S/c1-7-21-16-34(21,31(46)40-52(48,49)24-13-14-24)17-27(43)26-15-22(42(36)39-29(35)20-9-11-23(50-6)12-10-20)19-41(26)30(45)25(18-37-28(44)8-2)38-32(47)51-33(3,4)5/h7-12,21-22,24-26H,1-2,13-19,36H2,3-6H3,(H2,35,39)(H,37,44)(H,38,47)(H,40,46)/t21-,22-,25+,26+,34-/m1/s1. The minimum atomic E-state index is -3.91. The predicted molar refractivity (Wildman–Crippen MR) is 190 cm³/mol. The number of nitrogens with one attached hydrogen (secondary N) is 3. The smallest absolute Gasteiger partial charge is 0.408 e. The largest absolute Gasteiger partial charge is 0.497 e. The number of carbonyl (C=O) groups is 5. The summed E-state index contributed by atoms with van der Waals surface area (Å²) < 4.78 is 38.0. The van der Waals surface area contributed by atoms with E-state index in [1.165, 1.54) is 18.1 Å². The third-order valence-corrected chi connectivity index (χ3v) is 10.9. The average Bonchev–Trinajstić information content (AvgIpc) is 4.01.